The van der Waals surface area contributed by atoms with Crippen LogP contribution in [0.4, 0.5) is 0 Å². The number of benzene rings is 1. The third-order valence-corrected chi connectivity index (χ3v) is 4.48. The molecule has 1 aromatic carbocycles. The summed E-state index contributed by atoms with van der Waals surface area (Å²) in [7, 11) is -4.61. The van der Waals surface area contributed by atoms with Crippen molar-refractivity contribution in [2.75, 3.05) is 13.2 Å². The van der Waals surface area contributed by atoms with E-state index < -0.39 is 27.1 Å². The summed E-state index contributed by atoms with van der Waals surface area (Å²) < 4.78 is 14.9. The van der Waals surface area contributed by atoms with Crippen molar-refractivity contribution in [3.8, 4) is 0 Å². The Labute approximate surface area is 155 Å². The third-order valence-electron chi connectivity index (χ3n) is 3.99. The van der Waals surface area contributed by atoms with Gasteiger partial charge in [0.25, 0.3) is 0 Å². The summed E-state index contributed by atoms with van der Waals surface area (Å²) in [5.74, 6) is -0.283. The van der Waals surface area contributed by atoms with E-state index in [1.165, 1.54) is 30.4 Å². The number of unbranched alkanes of at least 4 members (excludes halogenated alkanes) is 2. The van der Waals surface area contributed by atoms with E-state index in [0.29, 0.717) is 6.42 Å². The maximum absolute atomic E-state index is 11.9. The third kappa shape index (κ3) is 10.7. The van der Waals surface area contributed by atoms with Crippen LogP contribution in [-0.2, 0) is 26.7 Å². The molecule has 4 N–H and O–H groups in total. The van der Waals surface area contributed by atoms with Crippen LogP contribution < -0.4 is 5.32 Å². The number of rotatable bonds is 13. The highest BCUT2D eigenvalue weighted by Gasteiger charge is 2.19. The maximum atomic E-state index is 11.9. The second-order valence-electron chi connectivity index (χ2n) is 6.36. The average Bonchev–Trinajstić information content (AvgIpc) is 2.59. The molecule has 1 aromatic rings. The molecule has 8 heteroatoms. The minimum absolute atomic E-state index is 0.269. The number of carbonyl (C=O) groups is 1. The summed E-state index contributed by atoms with van der Waals surface area (Å²) in [6.07, 6.45) is 6.44. The fourth-order valence-electron chi connectivity index (χ4n) is 2.53. The lowest BCUT2D eigenvalue weighted by Crippen LogP contribution is -2.40. The van der Waals surface area contributed by atoms with Crippen LogP contribution in [0, 0.1) is 0 Å². The highest BCUT2D eigenvalue weighted by molar-refractivity contribution is 7.46. The van der Waals surface area contributed by atoms with Gasteiger partial charge in [0.1, 0.15) is 0 Å². The van der Waals surface area contributed by atoms with Crippen LogP contribution in [0.25, 0.3) is 0 Å². The number of phosphoric acid groups is 1. The fraction of sp³-hybridized carbons (Fsp3) is 0.611. The van der Waals surface area contributed by atoms with Crippen molar-refractivity contribution in [1.82, 2.24) is 5.32 Å². The summed E-state index contributed by atoms with van der Waals surface area (Å²) >= 11 is 0. The molecule has 148 valence electrons. The van der Waals surface area contributed by atoms with E-state index in [0.717, 1.165) is 12.8 Å². The van der Waals surface area contributed by atoms with Crippen molar-refractivity contribution < 1.29 is 28.8 Å². The Balaban J connectivity index is 2.28. The van der Waals surface area contributed by atoms with E-state index in [-0.39, 0.29) is 12.3 Å². The normalized spacial score (nSPS) is 12.8. The van der Waals surface area contributed by atoms with Crippen molar-refractivity contribution in [2.24, 2.45) is 0 Å². The highest BCUT2D eigenvalue weighted by Crippen LogP contribution is 2.35. The number of amides is 1. The maximum Gasteiger partial charge on any atom is 0.469 e. The van der Waals surface area contributed by atoms with Gasteiger partial charge in [0.15, 0.2) is 0 Å². The number of hydrogen-bond donors (Lipinski definition) is 4. The number of nitrogens with one attached hydrogen (secondary N) is 1. The van der Waals surface area contributed by atoms with Crippen molar-refractivity contribution in [3.63, 3.8) is 0 Å². The van der Waals surface area contributed by atoms with Gasteiger partial charge in [0, 0.05) is 6.42 Å². The lowest BCUT2D eigenvalue weighted by molar-refractivity contribution is -0.122. The van der Waals surface area contributed by atoms with Gasteiger partial charge in [0.2, 0.25) is 5.91 Å². The zero-order valence-electron chi connectivity index (χ0n) is 15.3. The number of phosphoric ester groups is 1. The molecular formula is C18H30NO6P. The molecule has 0 saturated carbocycles. The molecule has 1 atom stereocenters. The van der Waals surface area contributed by atoms with Crippen LogP contribution in [-0.4, -0.2) is 40.1 Å². The van der Waals surface area contributed by atoms with E-state index in [2.05, 4.69) is 41.0 Å². The summed E-state index contributed by atoms with van der Waals surface area (Å²) in [6, 6.07) is 7.60. The summed E-state index contributed by atoms with van der Waals surface area (Å²) in [5, 5.41) is 11.6. The van der Waals surface area contributed by atoms with Crippen molar-refractivity contribution >= 4 is 13.7 Å². The van der Waals surface area contributed by atoms with E-state index in [1.807, 2.05) is 0 Å². The van der Waals surface area contributed by atoms with Gasteiger partial charge >= 0.3 is 7.82 Å². The molecule has 0 heterocycles. The van der Waals surface area contributed by atoms with Gasteiger partial charge in [0.05, 0.1) is 19.3 Å². The molecule has 0 bridgehead atoms. The molecule has 0 unspecified atom stereocenters. The van der Waals surface area contributed by atoms with Crippen LogP contribution >= 0.6 is 7.82 Å². The van der Waals surface area contributed by atoms with Gasteiger partial charge in [-0.1, -0.05) is 44.0 Å². The highest BCUT2D eigenvalue weighted by atomic mass is 31.2. The van der Waals surface area contributed by atoms with Crippen LogP contribution in [0.1, 0.15) is 50.2 Å². The Bertz CT molecular complexity index is 572. The minimum atomic E-state index is -4.61. The summed E-state index contributed by atoms with van der Waals surface area (Å²) in [6.45, 7) is 1.30. The molecule has 0 spiro atoms. The SMILES string of the molecule is CCCCCc1ccc(CCCC(=O)N[C@H](CO)COP(=O)(O)O)cc1. The molecule has 0 fully saturated rings. The van der Waals surface area contributed by atoms with Gasteiger partial charge in [-0.3, -0.25) is 9.32 Å². The molecular weight excluding hydrogens is 357 g/mol. The molecule has 0 aliphatic heterocycles. The first kappa shape index (κ1) is 22.8. The number of aliphatic hydroxyl groups excluding tert-OH is 1. The van der Waals surface area contributed by atoms with Crippen LogP contribution in [0.15, 0.2) is 24.3 Å². The molecule has 0 aliphatic carbocycles. The Morgan fingerprint density at radius 3 is 2.19 bits per heavy atom. The molecule has 0 saturated heterocycles. The van der Waals surface area contributed by atoms with Crippen molar-refractivity contribution in [3.05, 3.63) is 35.4 Å². The monoisotopic (exact) mass is 387 g/mol. The Morgan fingerprint density at radius 1 is 1.12 bits per heavy atom. The van der Waals surface area contributed by atoms with E-state index >= 15 is 0 Å². The molecule has 26 heavy (non-hydrogen) atoms. The summed E-state index contributed by atoms with van der Waals surface area (Å²) in [5.41, 5.74) is 2.50. The number of aliphatic hydroxyl groups is 1. The lowest BCUT2D eigenvalue weighted by Gasteiger charge is -2.16. The first-order chi connectivity index (χ1) is 12.3. The zero-order valence-corrected chi connectivity index (χ0v) is 16.2. The molecule has 1 rings (SSSR count). The Kier molecular flexibility index (Phi) is 10.7. The number of carbonyl (C=O) groups excluding carboxylic acids is 1. The van der Waals surface area contributed by atoms with Gasteiger partial charge in [-0.15, -0.1) is 0 Å². The first-order valence-electron chi connectivity index (χ1n) is 9.02. The fourth-order valence-corrected chi connectivity index (χ4v) is 2.91. The van der Waals surface area contributed by atoms with Crippen LogP contribution in [0.2, 0.25) is 0 Å². The number of aryl methyl sites for hydroxylation is 2. The van der Waals surface area contributed by atoms with E-state index in [4.69, 9.17) is 14.9 Å². The molecule has 0 radical (unpaired) electrons. The predicted molar refractivity (Wildman–Crippen MR) is 99.6 cm³/mol. The molecule has 0 aromatic heterocycles. The second-order valence-corrected chi connectivity index (χ2v) is 7.60. The second kappa shape index (κ2) is 12.2. The van der Waals surface area contributed by atoms with Crippen LogP contribution in [0.5, 0.6) is 0 Å². The van der Waals surface area contributed by atoms with Gasteiger partial charge < -0.3 is 20.2 Å². The quantitative estimate of drug-likeness (QED) is 0.305. The van der Waals surface area contributed by atoms with Gasteiger partial charge in [-0.25, -0.2) is 4.57 Å². The van der Waals surface area contributed by atoms with E-state index in [9.17, 15) is 9.36 Å². The van der Waals surface area contributed by atoms with Crippen molar-refractivity contribution in [2.45, 2.75) is 57.9 Å². The van der Waals surface area contributed by atoms with E-state index in [1.54, 1.807) is 0 Å². The standard InChI is InChI=1S/C18H30NO6P/c1-2-3-4-6-15-9-11-16(12-10-15)7-5-8-18(21)19-17(13-20)14-25-26(22,23)24/h9-12,17,20H,2-8,13-14H2,1H3,(H,19,21)(H2,22,23,24)/t17-/m1/s1. The van der Waals surface area contributed by atoms with Gasteiger partial charge in [-0.05, 0) is 36.8 Å². The zero-order chi connectivity index (χ0) is 19.4. The molecule has 0 aliphatic rings. The average molecular weight is 387 g/mol. The smallest absolute Gasteiger partial charge is 0.394 e. The minimum Gasteiger partial charge on any atom is -0.394 e. The lowest BCUT2D eigenvalue weighted by atomic mass is 10.0. The first-order valence-corrected chi connectivity index (χ1v) is 10.5. The Hall–Kier alpha value is -1.24. The van der Waals surface area contributed by atoms with Crippen molar-refractivity contribution in [1.29, 1.82) is 0 Å². The topological polar surface area (TPSA) is 116 Å². The Morgan fingerprint density at radius 2 is 1.69 bits per heavy atom. The number of hydrogen-bond acceptors (Lipinski definition) is 4. The summed E-state index contributed by atoms with van der Waals surface area (Å²) in [4.78, 5) is 29.1. The van der Waals surface area contributed by atoms with Crippen LogP contribution in [0.3, 0.4) is 0 Å². The molecule has 7 nitrogen and oxygen atoms in total. The van der Waals surface area contributed by atoms with Gasteiger partial charge in [-0.2, -0.15) is 0 Å². The largest absolute Gasteiger partial charge is 0.469 e. The predicted octanol–water partition coefficient (Wildman–Crippen LogP) is 2.33. The molecule has 1 amide bonds.